The molecule has 0 bridgehead atoms. The summed E-state index contributed by atoms with van der Waals surface area (Å²) in [5.41, 5.74) is 3.61. The number of hydrogen-bond acceptors (Lipinski definition) is 11. The second-order valence-electron chi connectivity index (χ2n) is 11.7. The van der Waals surface area contributed by atoms with Crippen molar-refractivity contribution in [2.45, 2.75) is 53.2 Å². The van der Waals surface area contributed by atoms with Crippen LogP contribution in [0.25, 0.3) is 0 Å². The van der Waals surface area contributed by atoms with Gasteiger partial charge in [0.15, 0.2) is 5.00 Å². The molecule has 0 radical (unpaired) electrons. The molecule has 0 saturated heterocycles. The molecule has 0 fully saturated rings. The first kappa shape index (κ1) is 38.2. The lowest BCUT2D eigenvalue weighted by Gasteiger charge is -2.30. The van der Waals surface area contributed by atoms with Crippen LogP contribution in [0.15, 0.2) is 28.4 Å². The van der Waals surface area contributed by atoms with Gasteiger partial charge in [-0.15, -0.1) is 21.6 Å². The number of rotatable bonds is 20. The van der Waals surface area contributed by atoms with Crippen LogP contribution in [0.3, 0.4) is 0 Å². The Hall–Kier alpha value is -2.95. The van der Waals surface area contributed by atoms with E-state index < -0.39 is 10.1 Å². The largest absolute Gasteiger partial charge is 0.376 e. The van der Waals surface area contributed by atoms with E-state index in [4.69, 9.17) is 18.8 Å². The molecular formula is C31H47N6O6S2+. The van der Waals surface area contributed by atoms with E-state index in [-0.39, 0.29) is 18.0 Å². The van der Waals surface area contributed by atoms with Gasteiger partial charge in [0.2, 0.25) is 0 Å². The first-order valence-corrected chi connectivity index (χ1v) is 17.4. The highest BCUT2D eigenvalue weighted by Gasteiger charge is 2.19. The number of ether oxygens (including phenoxy) is 3. The van der Waals surface area contributed by atoms with Gasteiger partial charge >= 0.3 is 0 Å². The number of aryl methyl sites for hydroxylation is 1. The van der Waals surface area contributed by atoms with Crippen LogP contribution in [0.2, 0.25) is 0 Å². The lowest BCUT2D eigenvalue weighted by atomic mass is 10.1. The Bertz CT molecular complexity index is 1460. The Labute approximate surface area is 272 Å². The van der Waals surface area contributed by atoms with E-state index in [2.05, 4.69) is 34.2 Å². The summed E-state index contributed by atoms with van der Waals surface area (Å²) in [6.07, 6.45) is 0.256. The Morgan fingerprint density at radius 2 is 1.80 bits per heavy atom. The van der Waals surface area contributed by atoms with Gasteiger partial charge in [0, 0.05) is 25.2 Å². The average molecular weight is 664 g/mol. The molecule has 1 unspecified atom stereocenters. The number of benzene rings is 1. The Morgan fingerprint density at radius 3 is 2.40 bits per heavy atom. The maximum absolute atomic E-state index is 11.0. The molecular weight excluding hydrogens is 617 g/mol. The van der Waals surface area contributed by atoms with Gasteiger partial charge in [0.05, 0.1) is 76.3 Å². The molecule has 0 aliphatic rings. The van der Waals surface area contributed by atoms with E-state index in [1.165, 1.54) is 0 Å². The molecule has 0 saturated carbocycles. The lowest BCUT2D eigenvalue weighted by molar-refractivity contribution is -0.890. The predicted octanol–water partition coefficient (Wildman–Crippen LogP) is 5.53. The number of anilines is 1. The minimum absolute atomic E-state index is 0.0630. The molecule has 248 valence electrons. The molecule has 45 heavy (non-hydrogen) atoms. The second kappa shape index (κ2) is 18.3. The molecule has 1 atom stereocenters. The number of nitrogens with zero attached hydrogens (tertiary/aromatic N) is 6. The summed E-state index contributed by atoms with van der Waals surface area (Å²) in [4.78, 5) is 2.68. The third kappa shape index (κ3) is 13.5. The smallest absolute Gasteiger partial charge is 0.265 e. The molecule has 2 rings (SSSR count). The van der Waals surface area contributed by atoms with Crippen molar-refractivity contribution in [3.05, 3.63) is 39.8 Å². The van der Waals surface area contributed by atoms with Gasteiger partial charge in [0.1, 0.15) is 23.6 Å². The van der Waals surface area contributed by atoms with Gasteiger partial charge in [-0.2, -0.15) is 18.9 Å². The van der Waals surface area contributed by atoms with Crippen molar-refractivity contribution in [2.75, 3.05) is 77.4 Å². The minimum Gasteiger partial charge on any atom is -0.376 e. The quantitative estimate of drug-likeness (QED) is 0.0832. The predicted molar refractivity (Wildman–Crippen MR) is 176 cm³/mol. The van der Waals surface area contributed by atoms with Crippen LogP contribution in [0.5, 0.6) is 0 Å². The molecule has 0 aliphatic heterocycles. The fraction of sp³-hybridized carbons (Fsp3) is 0.613. The van der Waals surface area contributed by atoms with Crippen molar-refractivity contribution in [3.63, 3.8) is 0 Å². The van der Waals surface area contributed by atoms with E-state index >= 15 is 0 Å². The fourth-order valence-electron chi connectivity index (χ4n) is 4.45. The summed E-state index contributed by atoms with van der Waals surface area (Å²) in [5.74, 6) is -0.239. The van der Waals surface area contributed by atoms with Crippen molar-refractivity contribution < 1.29 is 31.7 Å². The van der Waals surface area contributed by atoms with E-state index in [9.17, 15) is 18.9 Å². The Kier molecular flexibility index (Phi) is 15.5. The van der Waals surface area contributed by atoms with Crippen LogP contribution in [0.1, 0.15) is 48.8 Å². The summed E-state index contributed by atoms with van der Waals surface area (Å²) < 4.78 is 49.3. The summed E-state index contributed by atoms with van der Waals surface area (Å²) in [6, 6.07) is 10.1. The highest BCUT2D eigenvalue weighted by atomic mass is 32.2. The number of azo groups is 1. The standard InChI is InChI=1S/C31H46N6O6S2/c1-8-36(26-10-11-29(24(4)18-26)34-35-31-28(19-32)25(5)30(20-33)44-31)21-27(22-43-23(2)3)42-16-15-41-14-13-37(6,7)12-9-17-45(38,39)40/h10-11,18,23,27H,8-9,12-17,21-22H2,1-7H3/p+1. The number of quaternary nitrogens is 1. The molecule has 0 spiro atoms. The van der Waals surface area contributed by atoms with Gasteiger partial charge in [-0.1, -0.05) is 0 Å². The first-order chi connectivity index (χ1) is 21.2. The van der Waals surface area contributed by atoms with Gasteiger partial charge in [-0.25, -0.2) is 0 Å². The maximum Gasteiger partial charge on any atom is 0.265 e. The normalized spacial score (nSPS) is 12.9. The van der Waals surface area contributed by atoms with E-state index in [1.54, 1.807) is 6.92 Å². The van der Waals surface area contributed by atoms with E-state index in [0.717, 1.165) is 29.1 Å². The number of hydrogen-bond donors (Lipinski definition) is 1. The van der Waals surface area contributed by atoms with E-state index in [0.29, 0.717) is 83.7 Å². The summed E-state index contributed by atoms with van der Waals surface area (Å²) >= 11 is 1.16. The van der Waals surface area contributed by atoms with Crippen LogP contribution in [-0.2, 0) is 24.3 Å². The van der Waals surface area contributed by atoms with Crippen molar-refractivity contribution in [3.8, 4) is 12.1 Å². The molecule has 0 amide bonds. The molecule has 1 N–H and O–H groups in total. The van der Waals surface area contributed by atoms with Crippen molar-refractivity contribution in [1.29, 1.82) is 10.5 Å². The van der Waals surface area contributed by atoms with Crippen LogP contribution >= 0.6 is 11.3 Å². The molecule has 14 heteroatoms. The van der Waals surface area contributed by atoms with Gasteiger partial charge in [0.25, 0.3) is 10.1 Å². The third-order valence-corrected chi connectivity index (χ3v) is 9.03. The highest BCUT2D eigenvalue weighted by Crippen LogP contribution is 2.36. The summed E-state index contributed by atoms with van der Waals surface area (Å²) in [6.45, 7) is 14.2. The Morgan fingerprint density at radius 1 is 1.07 bits per heavy atom. The maximum atomic E-state index is 11.0. The van der Waals surface area contributed by atoms with E-state index in [1.807, 2.05) is 53.1 Å². The average Bonchev–Trinajstić information content (AvgIpc) is 3.28. The molecule has 12 nitrogen and oxygen atoms in total. The molecule has 0 aliphatic carbocycles. The number of thiophene rings is 1. The van der Waals surface area contributed by atoms with Gasteiger partial charge in [-0.3, -0.25) is 4.55 Å². The first-order valence-electron chi connectivity index (χ1n) is 15.0. The zero-order valence-corrected chi connectivity index (χ0v) is 29.1. The summed E-state index contributed by atoms with van der Waals surface area (Å²) in [5, 5.41) is 27.9. The number of nitriles is 2. The molecule has 2 aromatic rings. The zero-order chi connectivity index (χ0) is 33.6. The molecule has 1 aromatic carbocycles. The summed E-state index contributed by atoms with van der Waals surface area (Å²) in [7, 11) is 0.0578. The van der Waals surface area contributed by atoms with Gasteiger partial charge < -0.3 is 23.6 Å². The van der Waals surface area contributed by atoms with Gasteiger partial charge in [-0.05, 0) is 63.9 Å². The Balaban J connectivity index is 1.97. The van der Waals surface area contributed by atoms with Crippen LogP contribution in [0.4, 0.5) is 16.4 Å². The fourth-order valence-corrected chi connectivity index (χ4v) is 5.82. The topological polar surface area (TPSA) is 158 Å². The SMILES string of the molecule is CCN(CC(COC(C)C)OCCOCC[N+](C)(C)CCCS(=O)(=O)O)c1ccc(N=Nc2sc(C#N)c(C)c2C#N)c(C)c1. The minimum atomic E-state index is -3.94. The van der Waals surface area contributed by atoms with Crippen molar-refractivity contribution in [2.24, 2.45) is 10.2 Å². The molecule has 1 aromatic heterocycles. The van der Waals surface area contributed by atoms with Crippen molar-refractivity contribution >= 4 is 37.8 Å². The lowest BCUT2D eigenvalue weighted by Crippen LogP contribution is -2.43. The zero-order valence-electron chi connectivity index (χ0n) is 27.4. The third-order valence-electron chi connectivity index (χ3n) is 7.14. The highest BCUT2D eigenvalue weighted by molar-refractivity contribution is 7.85. The van der Waals surface area contributed by atoms with Crippen LogP contribution in [-0.4, -0.2) is 102 Å². The monoisotopic (exact) mass is 663 g/mol. The van der Waals surface area contributed by atoms with Crippen molar-refractivity contribution in [1.82, 2.24) is 0 Å². The van der Waals surface area contributed by atoms with Crippen LogP contribution in [0, 0.1) is 36.5 Å². The second-order valence-corrected chi connectivity index (χ2v) is 14.3. The molecule has 1 heterocycles. The number of likely N-dealkylation sites (N-methyl/N-ethyl adjacent to an activating group) is 2. The van der Waals surface area contributed by atoms with Crippen LogP contribution < -0.4 is 4.90 Å².